The number of halogens is 1. The summed E-state index contributed by atoms with van der Waals surface area (Å²) in [6, 6.07) is 12.6. The van der Waals surface area contributed by atoms with E-state index in [9.17, 15) is 4.79 Å². The van der Waals surface area contributed by atoms with Crippen molar-refractivity contribution in [3.05, 3.63) is 47.5 Å². The Morgan fingerprint density at radius 2 is 1.88 bits per heavy atom. The van der Waals surface area contributed by atoms with Gasteiger partial charge in [0.05, 0.1) is 7.05 Å². The predicted octanol–water partition coefficient (Wildman–Crippen LogP) is 1.64. The van der Waals surface area contributed by atoms with Gasteiger partial charge in [-0.3, -0.25) is 4.79 Å². The van der Waals surface area contributed by atoms with Crippen LogP contribution in [0.3, 0.4) is 0 Å². The SMILES string of the molecule is C[NH+](CCOc1ccc(Cl)cc1)CC(=O)Nc1ccc2c(c1)OCCO2. The first kappa shape index (κ1) is 18.4. The molecular formula is C19H22ClN2O4+. The lowest BCUT2D eigenvalue weighted by Crippen LogP contribution is -3.10. The van der Waals surface area contributed by atoms with Gasteiger partial charge in [0.1, 0.15) is 32.1 Å². The molecule has 0 fully saturated rings. The van der Waals surface area contributed by atoms with E-state index in [1.165, 1.54) is 0 Å². The molecule has 1 amide bonds. The lowest BCUT2D eigenvalue weighted by Gasteiger charge is -2.19. The van der Waals surface area contributed by atoms with Crippen molar-refractivity contribution in [3.63, 3.8) is 0 Å². The molecule has 0 radical (unpaired) electrons. The van der Waals surface area contributed by atoms with E-state index < -0.39 is 0 Å². The molecule has 7 heteroatoms. The van der Waals surface area contributed by atoms with E-state index in [0.29, 0.717) is 55.1 Å². The summed E-state index contributed by atoms with van der Waals surface area (Å²) in [5.74, 6) is 2.07. The molecule has 0 saturated heterocycles. The number of hydrogen-bond donors (Lipinski definition) is 2. The van der Waals surface area contributed by atoms with Gasteiger partial charge in [0, 0.05) is 16.8 Å². The first-order valence-corrected chi connectivity index (χ1v) is 8.87. The highest BCUT2D eigenvalue weighted by molar-refractivity contribution is 6.30. The van der Waals surface area contributed by atoms with Gasteiger partial charge in [-0.2, -0.15) is 0 Å². The maximum Gasteiger partial charge on any atom is 0.279 e. The fourth-order valence-electron chi connectivity index (χ4n) is 2.56. The molecule has 2 aromatic rings. The third kappa shape index (κ3) is 5.28. The quantitative estimate of drug-likeness (QED) is 0.770. The van der Waals surface area contributed by atoms with Gasteiger partial charge in [-0.25, -0.2) is 0 Å². The highest BCUT2D eigenvalue weighted by atomic mass is 35.5. The van der Waals surface area contributed by atoms with Crippen LogP contribution >= 0.6 is 11.6 Å². The highest BCUT2D eigenvalue weighted by Gasteiger charge is 2.14. The molecule has 0 bridgehead atoms. The van der Waals surface area contributed by atoms with Crippen LogP contribution in [0.15, 0.2) is 42.5 Å². The van der Waals surface area contributed by atoms with Crippen molar-refractivity contribution in [2.75, 3.05) is 45.3 Å². The van der Waals surface area contributed by atoms with Crippen LogP contribution < -0.4 is 24.4 Å². The summed E-state index contributed by atoms with van der Waals surface area (Å²) in [6.07, 6.45) is 0. The molecular weight excluding hydrogens is 356 g/mol. The Kier molecular flexibility index (Phi) is 6.20. The molecule has 0 aromatic heterocycles. The van der Waals surface area contributed by atoms with Crippen LogP contribution in [-0.4, -0.2) is 45.9 Å². The topological polar surface area (TPSA) is 61.2 Å². The minimum atomic E-state index is -0.0642. The molecule has 1 aliphatic rings. The molecule has 26 heavy (non-hydrogen) atoms. The van der Waals surface area contributed by atoms with Crippen LogP contribution in [0.2, 0.25) is 5.02 Å². The fourth-order valence-corrected chi connectivity index (χ4v) is 2.69. The van der Waals surface area contributed by atoms with Gasteiger partial charge in [-0.1, -0.05) is 11.6 Å². The van der Waals surface area contributed by atoms with Gasteiger partial charge in [-0.15, -0.1) is 0 Å². The zero-order valence-corrected chi connectivity index (χ0v) is 15.3. The average molecular weight is 378 g/mol. The number of nitrogens with one attached hydrogen (secondary N) is 2. The second-order valence-corrected chi connectivity index (χ2v) is 6.53. The molecule has 1 aliphatic heterocycles. The lowest BCUT2D eigenvalue weighted by atomic mass is 10.2. The number of anilines is 1. The van der Waals surface area contributed by atoms with Gasteiger partial charge in [-0.05, 0) is 36.4 Å². The minimum Gasteiger partial charge on any atom is -0.488 e. The summed E-state index contributed by atoms with van der Waals surface area (Å²) in [6.45, 7) is 2.64. The number of hydrogen-bond acceptors (Lipinski definition) is 4. The molecule has 138 valence electrons. The third-order valence-electron chi connectivity index (χ3n) is 3.90. The maximum atomic E-state index is 12.2. The Morgan fingerprint density at radius 3 is 2.65 bits per heavy atom. The molecule has 0 aliphatic carbocycles. The Labute approximate surface area is 157 Å². The maximum absolute atomic E-state index is 12.2. The van der Waals surface area contributed by atoms with Crippen LogP contribution in [-0.2, 0) is 4.79 Å². The van der Waals surface area contributed by atoms with E-state index in [-0.39, 0.29) is 5.91 Å². The minimum absolute atomic E-state index is 0.0642. The van der Waals surface area contributed by atoms with Crippen molar-refractivity contribution in [1.82, 2.24) is 0 Å². The molecule has 0 spiro atoms. The summed E-state index contributed by atoms with van der Waals surface area (Å²) in [7, 11) is 1.95. The molecule has 0 saturated carbocycles. The first-order valence-electron chi connectivity index (χ1n) is 8.49. The number of quaternary nitrogens is 1. The average Bonchev–Trinajstić information content (AvgIpc) is 2.63. The van der Waals surface area contributed by atoms with Crippen molar-refractivity contribution >= 4 is 23.2 Å². The summed E-state index contributed by atoms with van der Waals surface area (Å²) in [5.41, 5.74) is 0.699. The van der Waals surface area contributed by atoms with Crippen LogP contribution in [0.1, 0.15) is 0 Å². The normalized spacial score (nSPS) is 13.8. The van der Waals surface area contributed by atoms with E-state index in [2.05, 4.69) is 5.32 Å². The number of carbonyl (C=O) groups is 1. The van der Waals surface area contributed by atoms with Crippen molar-refractivity contribution in [3.8, 4) is 17.2 Å². The van der Waals surface area contributed by atoms with Crippen LogP contribution in [0.25, 0.3) is 0 Å². The van der Waals surface area contributed by atoms with Crippen LogP contribution in [0.4, 0.5) is 5.69 Å². The zero-order valence-electron chi connectivity index (χ0n) is 14.6. The molecule has 2 aromatic carbocycles. The standard InChI is InChI=1S/C19H21ClN2O4/c1-22(8-9-24-16-5-2-14(20)3-6-16)13-19(23)21-15-4-7-17-18(12-15)26-11-10-25-17/h2-7,12H,8-11,13H2,1H3,(H,21,23)/p+1. The number of ether oxygens (including phenoxy) is 3. The second-order valence-electron chi connectivity index (χ2n) is 6.09. The molecule has 3 rings (SSSR count). The summed E-state index contributed by atoms with van der Waals surface area (Å²) in [5, 5.41) is 3.56. The summed E-state index contributed by atoms with van der Waals surface area (Å²) < 4.78 is 16.6. The Hall–Kier alpha value is -2.44. The summed E-state index contributed by atoms with van der Waals surface area (Å²) in [4.78, 5) is 13.3. The number of carbonyl (C=O) groups excluding carboxylic acids is 1. The van der Waals surface area contributed by atoms with Gasteiger partial charge in [0.25, 0.3) is 5.91 Å². The van der Waals surface area contributed by atoms with Crippen LogP contribution in [0, 0.1) is 0 Å². The van der Waals surface area contributed by atoms with E-state index in [1.807, 2.05) is 25.2 Å². The van der Waals surface area contributed by atoms with Gasteiger partial charge in [0.15, 0.2) is 18.0 Å². The predicted molar refractivity (Wildman–Crippen MR) is 99.6 cm³/mol. The van der Waals surface area contributed by atoms with Crippen molar-refractivity contribution in [2.45, 2.75) is 0 Å². The number of amides is 1. The van der Waals surface area contributed by atoms with E-state index in [0.717, 1.165) is 10.6 Å². The summed E-state index contributed by atoms with van der Waals surface area (Å²) >= 11 is 5.84. The number of rotatable bonds is 7. The zero-order chi connectivity index (χ0) is 18.4. The molecule has 1 atom stereocenters. The van der Waals surface area contributed by atoms with Gasteiger partial charge < -0.3 is 24.4 Å². The number of fused-ring (bicyclic) bond motifs is 1. The smallest absolute Gasteiger partial charge is 0.279 e. The number of likely N-dealkylation sites (N-methyl/N-ethyl adjacent to an activating group) is 1. The molecule has 1 unspecified atom stereocenters. The van der Waals surface area contributed by atoms with Crippen molar-refractivity contribution in [2.24, 2.45) is 0 Å². The van der Waals surface area contributed by atoms with Crippen molar-refractivity contribution in [1.29, 1.82) is 0 Å². The lowest BCUT2D eigenvalue weighted by molar-refractivity contribution is -0.871. The Bertz CT molecular complexity index is 752. The molecule has 2 N–H and O–H groups in total. The van der Waals surface area contributed by atoms with Crippen LogP contribution in [0.5, 0.6) is 17.2 Å². The first-order chi connectivity index (χ1) is 12.6. The van der Waals surface area contributed by atoms with Crippen molar-refractivity contribution < 1.29 is 23.9 Å². The molecule has 1 heterocycles. The Balaban J connectivity index is 1.41. The Morgan fingerprint density at radius 1 is 1.15 bits per heavy atom. The second kappa shape index (κ2) is 8.78. The molecule has 6 nitrogen and oxygen atoms in total. The van der Waals surface area contributed by atoms with E-state index >= 15 is 0 Å². The largest absolute Gasteiger partial charge is 0.488 e. The van der Waals surface area contributed by atoms with Gasteiger partial charge >= 0.3 is 0 Å². The van der Waals surface area contributed by atoms with E-state index in [1.54, 1.807) is 24.3 Å². The number of benzene rings is 2. The van der Waals surface area contributed by atoms with E-state index in [4.69, 9.17) is 25.8 Å². The third-order valence-corrected chi connectivity index (χ3v) is 4.15. The van der Waals surface area contributed by atoms with Gasteiger partial charge in [0.2, 0.25) is 0 Å². The highest BCUT2D eigenvalue weighted by Crippen LogP contribution is 2.32. The monoisotopic (exact) mass is 377 g/mol. The fraction of sp³-hybridized carbons (Fsp3) is 0.316.